The van der Waals surface area contributed by atoms with Gasteiger partial charge in [-0.1, -0.05) is 0 Å². The third-order valence-corrected chi connectivity index (χ3v) is 4.31. The van der Waals surface area contributed by atoms with Crippen LogP contribution in [-0.2, 0) is 9.47 Å². The Balaban J connectivity index is 0.00000176. The van der Waals surface area contributed by atoms with Crippen LogP contribution < -0.4 is 10.6 Å². The summed E-state index contributed by atoms with van der Waals surface area (Å²) in [6.45, 7) is 8.06. The maximum Gasteiger partial charge on any atom is 0.191 e. The van der Waals surface area contributed by atoms with Gasteiger partial charge in [0, 0.05) is 31.7 Å². The van der Waals surface area contributed by atoms with E-state index < -0.39 is 0 Å². The predicted octanol–water partition coefficient (Wildman–Crippen LogP) is 0.812. The highest BCUT2D eigenvalue weighted by molar-refractivity contribution is 14.0. The van der Waals surface area contributed by atoms with E-state index in [0.29, 0.717) is 32.4 Å². The van der Waals surface area contributed by atoms with Crippen LogP contribution in [-0.4, -0.2) is 75.0 Å². The molecule has 2 heterocycles. The second-order valence-corrected chi connectivity index (χ2v) is 6.14. The molecule has 3 rings (SSSR count). The molecule has 0 aromatic carbocycles. The Morgan fingerprint density at radius 2 is 2.14 bits per heavy atom. The molecule has 0 spiro atoms. The summed E-state index contributed by atoms with van der Waals surface area (Å²) in [4.78, 5) is 7.27. The van der Waals surface area contributed by atoms with Crippen LogP contribution in [0.4, 0.5) is 0 Å². The van der Waals surface area contributed by atoms with E-state index >= 15 is 0 Å². The summed E-state index contributed by atoms with van der Waals surface area (Å²) in [7, 11) is 0. The Morgan fingerprint density at radius 1 is 1.27 bits per heavy atom. The van der Waals surface area contributed by atoms with Gasteiger partial charge in [0.2, 0.25) is 0 Å². The van der Waals surface area contributed by atoms with E-state index in [1.807, 2.05) is 0 Å². The quantitative estimate of drug-likeness (QED) is 0.389. The lowest BCUT2D eigenvalue weighted by Crippen LogP contribution is -2.45. The monoisotopic (exact) mass is 424 g/mol. The average Bonchev–Trinajstić information content (AvgIpc) is 3.26. The predicted molar refractivity (Wildman–Crippen MR) is 98.1 cm³/mol. The molecule has 2 N–H and O–H groups in total. The normalized spacial score (nSPS) is 30.0. The molecule has 0 aromatic rings. The lowest BCUT2D eigenvalue weighted by Gasteiger charge is -2.22. The van der Waals surface area contributed by atoms with Crippen LogP contribution in [0.3, 0.4) is 0 Å². The number of rotatable bonds is 5. The maximum atomic E-state index is 5.64. The highest BCUT2D eigenvalue weighted by Crippen LogP contribution is 2.29. The number of halogens is 1. The van der Waals surface area contributed by atoms with E-state index in [2.05, 4.69) is 27.4 Å². The molecule has 3 aliphatic rings. The third-order valence-electron chi connectivity index (χ3n) is 4.31. The molecule has 0 bridgehead atoms. The minimum atomic E-state index is 0. The van der Waals surface area contributed by atoms with E-state index in [0.717, 1.165) is 25.1 Å². The van der Waals surface area contributed by atoms with Crippen molar-refractivity contribution in [3.05, 3.63) is 0 Å². The van der Waals surface area contributed by atoms with Gasteiger partial charge in [0.15, 0.2) is 5.96 Å². The van der Waals surface area contributed by atoms with Crippen molar-refractivity contribution in [1.29, 1.82) is 0 Å². The molecule has 7 heteroatoms. The molecule has 0 radical (unpaired) electrons. The number of aliphatic imine (C=N–C) groups is 1. The lowest BCUT2D eigenvalue weighted by molar-refractivity contribution is -0.0832. The van der Waals surface area contributed by atoms with Gasteiger partial charge in [-0.15, -0.1) is 24.0 Å². The number of hydrogen-bond acceptors (Lipinski definition) is 4. The first-order valence-electron chi connectivity index (χ1n) is 8.33. The summed E-state index contributed by atoms with van der Waals surface area (Å²) in [5.74, 6) is 0.911. The topological polar surface area (TPSA) is 58.1 Å². The van der Waals surface area contributed by atoms with Crippen LogP contribution in [0.15, 0.2) is 4.99 Å². The molecule has 1 aliphatic carbocycles. The molecule has 22 heavy (non-hydrogen) atoms. The van der Waals surface area contributed by atoms with Gasteiger partial charge in [-0.05, 0) is 26.2 Å². The summed E-state index contributed by atoms with van der Waals surface area (Å²) < 4.78 is 11.1. The minimum Gasteiger partial charge on any atom is -0.376 e. The van der Waals surface area contributed by atoms with Crippen molar-refractivity contribution in [2.75, 3.05) is 46.0 Å². The highest BCUT2D eigenvalue weighted by Gasteiger charge is 2.34. The van der Waals surface area contributed by atoms with E-state index in [4.69, 9.17) is 9.47 Å². The lowest BCUT2D eigenvalue weighted by atomic mass is 10.3. The van der Waals surface area contributed by atoms with Crippen molar-refractivity contribution in [2.45, 2.75) is 44.4 Å². The number of hydrogen-bond donors (Lipinski definition) is 2. The van der Waals surface area contributed by atoms with Gasteiger partial charge in [0.25, 0.3) is 0 Å². The Bertz CT molecular complexity index is 359. The van der Waals surface area contributed by atoms with Gasteiger partial charge in [-0.25, -0.2) is 0 Å². The fraction of sp³-hybridized carbons (Fsp3) is 0.933. The zero-order valence-electron chi connectivity index (χ0n) is 13.4. The smallest absolute Gasteiger partial charge is 0.191 e. The van der Waals surface area contributed by atoms with Gasteiger partial charge >= 0.3 is 0 Å². The third kappa shape index (κ3) is 5.50. The zero-order chi connectivity index (χ0) is 14.5. The second kappa shape index (κ2) is 9.24. The fourth-order valence-corrected chi connectivity index (χ4v) is 3.02. The highest BCUT2D eigenvalue weighted by atomic mass is 127. The number of nitrogens with one attached hydrogen (secondary N) is 2. The van der Waals surface area contributed by atoms with Crippen LogP contribution in [0.2, 0.25) is 0 Å². The molecule has 2 saturated heterocycles. The van der Waals surface area contributed by atoms with Crippen LogP contribution in [0, 0.1) is 0 Å². The van der Waals surface area contributed by atoms with Crippen molar-refractivity contribution in [2.24, 2.45) is 4.99 Å². The molecule has 1 saturated carbocycles. The SMILES string of the molecule is CCNC(=NCC1COCCO1)NC1CCN(C2CC2)C1.I. The Kier molecular flexibility index (Phi) is 7.66. The second-order valence-electron chi connectivity index (χ2n) is 6.14. The van der Waals surface area contributed by atoms with Crippen molar-refractivity contribution in [3.8, 4) is 0 Å². The molecule has 3 fully saturated rings. The van der Waals surface area contributed by atoms with Gasteiger partial charge in [0.05, 0.1) is 26.4 Å². The van der Waals surface area contributed by atoms with E-state index in [1.54, 1.807) is 0 Å². The first kappa shape index (κ1) is 18.2. The summed E-state index contributed by atoms with van der Waals surface area (Å²) in [6, 6.07) is 1.39. The number of likely N-dealkylation sites (tertiary alicyclic amines) is 1. The molecular weight excluding hydrogens is 395 g/mol. The van der Waals surface area contributed by atoms with Crippen LogP contribution in [0.1, 0.15) is 26.2 Å². The summed E-state index contributed by atoms with van der Waals surface area (Å²) in [5, 5.41) is 6.90. The fourth-order valence-electron chi connectivity index (χ4n) is 3.02. The molecule has 0 aromatic heterocycles. The Hall–Kier alpha value is -0.120. The van der Waals surface area contributed by atoms with E-state index in [1.165, 1.54) is 25.8 Å². The summed E-state index contributed by atoms with van der Waals surface area (Å²) >= 11 is 0. The maximum absolute atomic E-state index is 5.64. The summed E-state index contributed by atoms with van der Waals surface area (Å²) in [5.41, 5.74) is 0. The van der Waals surface area contributed by atoms with Gasteiger partial charge in [0.1, 0.15) is 6.10 Å². The van der Waals surface area contributed by atoms with E-state index in [9.17, 15) is 0 Å². The van der Waals surface area contributed by atoms with E-state index in [-0.39, 0.29) is 30.1 Å². The molecule has 128 valence electrons. The first-order chi connectivity index (χ1) is 10.3. The molecule has 6 nitrogen and oxygen atoms in total. The average molecular weight is 424 g/mol. The van der Waals surface area contributed by atoms with Crippen molar-refractivity contribution in [1.82, 2.24) is 15.5 Å². The van der Waals surface area contributed by atoms with Crippen molar-refractivity contribution >= 4 is 29.9 Å². The molecular formula is C15H29IN4O2. The van der Waals surface area contributed by atoms with Gasteiger partial charge in [-0.3, -0.25) is 9.89 Å². The molecule has 0 amide bonds. The Morgan fingerprint density at radius 3 is 2.82 bits per heavy atom. The first-order valence-corrected chi connectivity index (χ1v) is 8.33. The van der Waals surface area contributed by atoms with Crippen LogP contribution >= 0.6 is 24.0 Å². The van der Waals surface area contributed by atoms with Gasteiger partial charge in [-0.2, -0.15) is 0 Å². The summed E-state index contributed by atoms with van der Waals surface area (Å²) in [6.07, 6.45) is 4.09. The standard InChI is InChI=1S/C15H28N4O2.HI/c1-2-16-15(17-9-14-11-20-7-8-21-14)18-12-5-6-19(10-12)13-3-4-13;/h12-14H,2-11H2,1H3,(H2,16,17,18);1H. The minimum absolute atomic E-state index is 0. The van der Waals surface area contributed by atoms with Gasteiger partial charge < -0.3 is 20.1 Å². The molecule has 2 unspecified atom stereocenters. The number of guanidine groups is 1. The largest absolute Gasteiger partial charge is 0.376 e. The van der Waals surface area contributed by atoms with Crippen LogP contribution in [0.5, 0.6) is 0 Å². The van der Waals surface area contributed by atoms with Crippen molar-refractivity contribution < 1.29 is 9.47 Å². The zero-order valence-corrected chi connectivity index (χ0v) is 15.8. The van der Waals surface area contributed by atoms with Crippen molar-refractivity contribution in [3.63, 3.8) is 0 Å². The number of nitrogens with zero attached hydrogens (tertiary/aromatic N) is 2. The van der Waals surface area contributed by atoms with Crippen LogP contribution in [0.25, 0.3) is 0 Å². The Labute approximate surface area is 150 Å². The molecule has 2 aliphatic heterocycles. The number of ether oxygens (including phenoxy) is 2. The molecule has 2 atom stereocenters.